The molecule has 0 aliphatic heterocycles. The second-order valence-electron chi connectivity index (χ2n) is 5.94. The zero-order valence-electron chi connectivity index (χ0n) is 14.8. The molecule has 1 heterocycles. The molecule has 0 saturated heterocycles. The van der Waals surface area contributed by atoms with Gasteiger partial charge in [-0.1, -0.05) is 30.3 Å². The highest BCUT2D eigenvalue weighted by molar-refractivity contribution is 6.13. The van der Waals surface area contributed by atoms with Gasteiger partial charge < -0.3 is 4.90 Å². The summed E-state index contributed by atoms with van der Waals surface area (Å²) in [5.74, 6) is -0.252. The van der Waals surface area contributed by atoms with E-state index in [4.69, 9.17) is 0 Å². The van der Waals surface area contributed by atoms with Gasteiger partial charge in [-0.25, -0.2) is 5.43 Å². The molecule has 1 N–H and O–H groups in total. The molecule has 0 aliphatic rings. The molecule has 3 rings (SSSR count). The van der Waals surface area contributed by atoms with Crippen LogP contribution in [0.1, 0.15) is 21.5 Å². The Kier molecular flexibility index (Phi) is 5.39. The Morgan fingerprint density at radius 1 is 0.846 bits per heavy atom. The number of benzene rings is 2. The van der Waals surface area contributed by atoms with Crippen molar-refractivity contribution in [2.24, 2.45) is 5.10 Å². The first-order valence-corrected chi connectivity index (χ1v) is 8.26. The summed E-state index contributed by atoms with van der Waals surface area (Å²) in [6.07, 6.45) is 3.41. The molecule has 0 aliphatic carbocycles. The fraction of sp³-hybridized carbons (Fsp3) is 0.0952. The van der Waals surface area contributed by atoms with Crippen LogP contribution in [0.4, 0.5) is 5.69 Å². The number of hydrogen-bond donors (Lipinski definition) is 1. The first-order chi connectivity index (χ1) is 12.6. The highest BCUT2D eigenvalue weighted by atomic mass is 16.2. The van der Waals surface area contributed by atoms with Gasteiger partial charge in [0.15, 0.2) is 0 Å². The zero-order valence-corrected chi connectivity index (χ0v) is 14.8. The molecule has 0 radical (unpaired) electrons. The van der Waals surface area contributed by atoms with Crippen molar-refractivity contribution >= 4 is 17.3 Å². The molecular weight excluding hydrogens is 324 g/mol. The van der Waals surface area contributed by atoms with Crippen molar-refractivity contribution < 1.29 is 4.79 Å². The topological polar surface area (TPSA) is 57.6 Å². The molecule has 5 nitrogen and oxygen atoms in total. The van der Waals surface area contributed by atoms with Crippen molar-refractivity contribution in [3.05, 3.63) is 95.8 Å². The van der Waals surface area contributed by atoms with E-state index < -0.39 is 0 Å². The van der Waals surface area contributed by atoms with Gasteiger partial charge in [0.05, 0.1) is 5.71 Å². The van der Waals surface area contributed by atoms with E-state index in [0.29, 0.717) is 11.3 Å². The van der Waals surface area contributed by atoms with E-state index in [0.717, 1.165) is 16.8 Å². The Bertz CT molecular complexity index is 847. The third-order valence-electron chi connectivity index (χ3n) is 3.92. The lowest BCUT2D eigenvalue weighted by atomic mass is 10.0. The summed E-state index contributed by atoms with van der Waals surface area (Å²) in [6.45, 7) is 0. The SMILES string of the molecule is CN(C)c1ccc(C(=O)N/N=C(\c2ccccc2)c2ccncc2)cc1. The van der Waals surface area contributed by atoms with E-state index in [2.05, 4.69) is 15.5 Å². The molecule has 0 bridgehead atoms. The Balaban J connectivity index is 1.85. The molecule has 0 unspecified atom stereocenters. The third kappa shape index (κ3) is 4.13. The van der Waals surface area contributed by atoms with Crippen LogP contribution in [0.25, 0.3) is 0 Å². The number of aromatic nitrogens is 1. The minimum atomic E-state index is -0.252. The molecule has 3 aromatic rings. The summed E-state index contributed by atoms with van der Waals surface area (Å²) < 4.78 is 0. The number of rotatable bonds is 5. The van der Waals surface area contributed by atoms with E-state index in [1.807, 2.05) is 73.6 Å². The lowest BCUT2D eigenvalue weighted by Crippen LogP contribution is -2.20. The van der Waals surface area contributed by atoms with Crippen LogP contribution in [0.5, 0.6) is 0 Å². The van der Waals surface area contributed by atoms with Crippen LogP contribution in [0.15, 0.2) is 84.2 Å². The second kappa shape index (κ2) is 8.07. The predicted octanol–water partition coefficient (Wildman–Crippen LogP) is 3.33. The quantitative estimate of drug-likeness (QED) is 0.570. The summed E-state index contributed by atoms with van der Waals surface area (Å²) in [6, 6.07) is 20.8. The largest absolute Gasteiger partial charge is 0.378 e. The third-order valence-corrected chi connectivity index (χ3v) is 3.92. The molecule has 5 heteroatoms. The van der Waals surface area contributed by atoms with Gasteiger partial charge in [0.2, 0.25) is 0 Å². The van der Waals surface area contributed by atoms with Crippen molar-refractivity contribution in [3.63, 3.8) is 0 Å². The van der Waals surface area contributed by atoms with Gasteiger partial charge in [-0.2, -0.15) is 5.10 Å². The summed E-state index contributed by atoms with van der Waals surface area (Å²) in [4.78, 5) is 18.5. The Hall–Kier alpha value is -3.47. The van der Waals surface area contributed by atoms with Crippen LogP contribution < -0.4 is 10.3 Å². The van der Waals surface area contributed by atoms with Crippen LogP contribution >= 0.6 is 0 Å². The number of hydrazone groups is 1. The van der Waals surface area contributed by atoms with Crippen molar-refractivity contribution in [3.8, 4) is 0 Å². The fourth-order valence-corrected chi connectivity index (χ4v) is 2.48. The van der Waals surface area contributed by atoms with Crippen LogP contribution in [0, 0.1) is 0 Å². The normalized spacial score (nSPS) is 11.1. The number of hydrogen-bond acceptors (Lipinski definition) is 4. The minimum Gasteiger partial charge on any atom is -0.378 e. The van der Waals surface area contributed by atoms with Crippen LogP contribution in [0.3, 0.4) is 0 Å². The lowest BCUT2D eigenvalue weighted by Gasteiger charge is -2.12. The highest BCUT2D eigenvalue weighted by Crippen LogP contribution is 2.13. The number of pyridine rings is 1. The molecule has 1 aromatic heterocycles. The molecule has 0 fully saturated rings. The number of carbonyl (C=O) groups excluding carboxylic acids is 1. The zero-order chi connectivity index (χ0) is 18.4. The van der Waals surface area contributed by atoms with Crippen LogP contribution in [-0.4, -0.2) is 30.7 Å². The van der Waals surface area contributed by atoms with E-state index in [1.54, 1.807) is 24.5 Å². The van der Waals surface area contributed by atoms with Gasteiger partial charge in [-0.3, -0.25) is 9.78 Å². The molecule has 26 heavy (non-hydrogen) atoms. The number of amides is 1. The second-order valence-corrected chi connectivity index (χ2v) is 5.94. The van der Waals surface area contributed by atoms with E-state index >= 15 is 0 Å². The average Bonchev–Trinajstić information content (AvgIpc) is 2.69. The summed E-state index contributed by atoms with van der Waals surface area (Å²) >= 11 is 0. The van der Waals surface area contributed by atoms with Gasteiger partial charge in [0.25, 0.3) is 5.91 Å². The maximum atomic E-state index is 12.4. The standard InChI is InChI=1S/C21H20N4O/c1-25(2)19-10-8-18(9-11-19)21(26)24-23-20(16-6-4-3-5-7-16)17-12-14-22-15-13-17/h3-15H,1-2H3,(H,24,26)/b23-20+. The smallest absolute Gasteiger partial charge is 0.271 e. The monoisotopic (exact) mass is 344 g/mol. The molecule has 0 spiro atoms. The van der Waals surface area contributed by atoms with Crippen molar-refractivity contribution in [1.29, 1.82) is 0 Å². The average molecular weight is 344 g/mol. The highest BCUT2D eigenvalue weighted by Gasteiger charge is 2.09. The number of carbonyl (C=O) groups is 1. The summed E-state index contributed by atoms with van der Waals surface area (Å²) in [7, 11) is 3.92. The molecule has 1 amide bonds. The Labute approximate surface area is 153 Å². The van der Waals surface area contributed by atoms with Gasteiger partial charge in [0.1, 0.15) is 0 Å². The summed E-state index contributed by atoms with van der Waals surface area (Å²) in [5.41, 5.74) is 6.74. The number of anilines is 1. The fourth-order valence-electron chi connectivity index (χ4n) is 2.48. The van der Waals surface area contributed by atoms with Gasteiger partial charge in [-0.05, 0) is 36.4 Å². The van der Waals surface area contributed by atoms with Gasteiger partial charge in [-0.15, -0.1) is 0 Å². The first kappa shape index (κ1) is 17.4. The number of nitrogens with one attached hydrogen (secondary N) is 1. The van der Waals surface area contributed by atoms with Gasteiger partial charge in [0, 0.05) is 48.9 Å². The molecule has 0 saturated carbocycles. The molecular formula is C21H20N4O. The minimum absolute atomic E-state index is 0.252. The van der Waals surface area contributed by atoms with E-state index in [9.17, 15) is 4.79 Å². The Morgan fingerprint density at radius 2 is 1.46 bits per heavy atom. The molecule has 0 atom stereocenters. The molecule has 2 aromatic carbocycles. The first-order valence-electron chi connectivity index (χ1n) is 8.26. The van der Waals surface area contributed by atoms with Crippen LogP contribution in [-0.2, 0) is 0 Å². The van der Waals surface area contributed by atoms with Crippen molar-refractivity contribution in [2.75, 3.05) is 19.0 Å². The van der Waals surface area contributed by atoms with E-state index in [1.165, 1.54) is 0 Å². The van der Waals surface area contributed by atoms with Gasteiger partial charge >= 0.3 is 0 Å². The van der Waals surface area contributed by atoms with Crippen molar-refractivity contribution in [1.82, 2.24) is 10.4 Å². The van der Waals surface area contributed by atoms with Crippen LogP contribution in [0.2, 0.25) is 0 Å². The molecule has 130 valence electrons. The lowest BCUT2D eigenvalue weighted by molar-refractivity contribution is 0.0955. The maximum absolute atomic E-state index is 12.4. The maximum Gasteiger partial charge on any atom is 0.271 e. The van der Waals surface area contributed by atoms with E-state index in [-0.39, 0.29) is 5.91 Å². The predicted molar refractivity (Wildman–Crippen MR) is 105 cm³/mol. The Morgan fingerprint density at radius 3 is 2.08 bits per heavy atom. The summed E-state index contributed by atoms with van der Waals surface area (Å²) in [5, 5.41) is 4.38. The number of nitrogens with zero attached hydrogens (tertiary/aromatic N) is 3. The van der Waals surface area contributed by atoms with Crippen molar-refractivity contribution in [2.45, 2.75) is 0 Å².